The Morgan fingerprint density at radius 3 is 2.77 bits per heavy atom. The number of hydrogen-bond donors (Lipinski definition) is 1. The van der Waals surface area contributed by atoms with E-state index in [1.165, 1.54) is 19.3 Å². The lowest BCUT2D eigenvalue weighted by Crippen LogP contribution is -2.49. The van der Waals surface area contributed by atoms with Crippen LogP contribution in [0.2, 0.25) is 0 Å². The second-order valence-electron chi connectivity index (χ2n) is 7.02. The van der Waals surface area contributed by atoms with Crippen LogP contribution in [0.1, 0.15) is 50.0 Å². The first-order valence-electron chi connectivity index (χ1n) is 8.29. The van der Waals surface area contributed by atoms with E-state index < -0.39 is 0 Å². The molecule has 0 unspecified atom stereocenters. The van der Waals surface area contributed by atoms with Gasteiger partial charge in [0.05, 0.1) is 12.4 Å². The summed E-state index contributed by atoms with van der Waals surface area (Å²) in [6.45, 7) is 5.16. The van der Waals surface area contributed by atoms with Crippen LogP contribution < -0.4 is 5.32 Å². The first-order valence-corrected chi connectivity index (χ1v) is 8.29. The molecule has 5 nitrogen and oxygen atoms in total. The van der Waals surface area contributed by atoms with Crippen molar-refractivity contribution in [2.24, 2.45) is 17.8 Å². The van der Waals surface area contributed by atoms with Crippen molar-refractivity contribution in [3.63, 3.8) is 0 Å². The zero-order valence-electron chi connectivity index (χ0n) is 13.4. The number of hydrogen-bond acceptors (Lipinski definition) is 4. The molecule has 1 saturated carbocycles. The van der Waals surface area contributed by atoms with E-state index in [1.54, 1.807) is 20.2 Å². The molecule has 120 valence electrons. The largest absolute Gasteiger partial charge is 0.336 e. The van der Waals surface area contributed by atoms with E-state index in [1.807, 2.05) is 10.8 Å². The molecule has 3 rings (SSSR count). The number of rotatable bonds is 4. The smallest absolute Gasteiger partial charge is 0.179 e. The summed E-state index contributed by atoms with van der Waals surface area (Å²) in [5.74, 6) is 2.29. The van der Waals surface area contributed by atoms with Gasteiger partial charge in [-0.2, -0.15) is 0 Å². The second kappa shape index (κ2) is 6.32. The topological polar surface area (TPSA) is 64.0 Å². The van der Waals surface area contributed by atoms with Gasteiger partial charge in [0.25, 0.3) is 0 Å². The Bertz CT molecular complexity index is 566. The molecule has 1 aliphatic heterocycles. The number of carbonyl (C=O) groups is 2. The summed E-state index contributed by atoms with van der Waals surface area (Å²) in [4.78, 5) is 27.1. The fraction of sp³-hybridized carbons (Fsp3) is 0.706. The number of aromatic nitrogens is 2. The Kier molecular flexibility index (Phi) is 4.43. The molecule has 1 aromatic rings. The lowest BCUT2D eigenvalue weighted by molar-refractivity contribution is -0.120. The molecule has 0 radical (unpaired) electrons. The summed E-state index contributed by atoms with van der Waals surface area (Å²) in [7, 11) is 0. The maximum atomic E-state index is 11.6. The summed E-state index contributed by atoms with van der Waals surface area (Å²) in [6.07, 6.45) is 8.25. The number of ketones is 2. The summed E-state index contributed by atoms with van der Waals surface area (Å²) in [5.41, 5.74) is 0.548. The van der Waals surface area contributed by atoms with E-state index in [-0.39, 0.29) is 17.6 Å². The number of nitrogens with one attached hydrogen (secondary N) is 1. The lowest BCUT2D eigenvalue weighted by atomic mass is 9.69. The Hall–Kier alpha value is -1.49. The van der Waals surface area contributed by atoms with Gasteiger partial charge in [-0.05, 0) is 56.9 Å². The minimum Gasteiger partial charge on any atom is -0.336 e. The van der Waals surface area contributed by atoms with Gasteiger partial charge < -0.3 is 9.88 Å². The highest BCUT2D eigenvalue weighted by atomic mass is 16.1. The summed E-state index contributed by atoms with van der Waals surface area (Å²) < 4.78 is 2.05. The molecule has 2 fully saturated rings. The van der Waals surface area contributed by atoms with Gasteiger partial charge in [0, 0.05) is 19.7 Å². The Morgan fingerprint density at radius 2 is 2.09 bits per heavy atom. The van der Waals surface area contributed by atoms with Crippen molar-refractivity contribution in [1.82, 2.24) is 14.9 Å². The van der Waals surface area contributed by atoms with Crippen LogP contribution in [0.25, 0.3) is 0 Å². The molecule has 1 N–H and O–H groups in total. The van der Waals surface area contributed by atoms with Gasteiger partial charge >= 0.3 is 0 Å². The molecule has 0 bridgehead atoms. The average Bonchev–Trinajstić information content (AvgIpc) is 2.95. The van der Waals surface area contributed by atoms with Crippen LogP contribution in [0, 0.1) is 17.8 Å². The van der Waals surface area contributed by atoms with Gasteiger partial charge in [0.15, 0.2) is 5.78 Å². The molecule has 0 amide bonds. The molecular weight excluding hydrogens is 278 g/mol. The third kappa shape index (κ3) is 3.29. The number of piperidine rings is 1. The minimum atomic E-state index is 0.0186. The molecule has 5 heteroatoms. The first kappa shape index (κ1) is 15.4. The quantitative estimate of drug-likeness (QED) is 0.865. The standard InChI is InChI=1S/C17H25N3O2/c1-11(21)16-6-15-5-13(3-4-14(15)7-18-16)8-20-9-17(12(2)22)19-10-20/h9-10,13-16,18H,3-8H2,1-2H3/t13-,14-,15+,16-/m0/s1. The van der Waals surface area contributed by atoms with Crippen LogP contribution in [0.15, 0.2) is 12.5 Å². The SMILES string of the molecule is CC(=O)c1cn(C[C@H]2CC[C@H]3CN[C@H](C(C)=O)C[C@H]3C2)cn1. The number of nitrogens with zero attached hydrogens (tertiary/aromatic N) is 2. The highest BCUT2D eigenvalue weighted by Gasteiger charge is 2.36. The maximum Gasteiger partial charge on any atom is 0.179 e. The fourth-order valence-electron chi connectivity index (χ4n) is 4.08. The van der Waals surface area contributed by atoms with Gasteiger partial charge in [0.2, 0.25) is 0 Å². The monoisotopic (exact) mass is 303 g/mol. The van der Waals surface area contributed by atoms with E-state index in [0.29, 0.717) is 17.5 Å². The van der Waals surface area contributed by atoms with Crippen molar-refractivity contribution >= 4 is 11.6 Å². The van der Waals surface area contributed by atoms with Crippen LogP contribution in [-0.2, 0) is 11.3 Å². The number of fused-ring (bicyclic) bond motifs is 1. The van der Waals surface area contributed by atoms with Gasteiger partial charge in [0.1, 0.15) is 11.5 Å². The number of carbonyl (C=O) groups excluding carboxylic acids is 2. The highest BCUT2D eigenvalue weighted by Crippen LogP contribution is 2.39. The molecule has 22 heavy (non-hydrogen) atoms. The highest BCUT2D eigenvalue weighted by molar-refractivity contribution is 5.91. The molecule has 0 aromatic carbocycles. The van der Waals surface area contributed by atoms with Crippen LogP contribution >= 0.6 is 0 Å². The number of imidazole rings is 1. The minimum absolute atomic E-state index is 0.0186. The van der Waals surface area contributed by atoms with Gasteiger partial charge in [-0.15, -0.1) is 0 Å². The molecular formula is C17H25N3O2. The molecule has 1 saturated heterocycles. The van der Waals surface area contributed by atoms with Gasteiger partial charge in [-0.25, -0.2) is 4.98 Å². The molecule has 0 spiro atoms. The van der Waals surface area contributed by atoms with Gasteiger partial charge in [-0.3, -0.25) is 9.59 Å². The molecule has 4 atom stereocenters. The zero-order valence-corrected chi connectivity index (χ0v) is 13.4. The Labute approximate surface area is 131 Å². The molecule has 1 aromatic heterocycles. The third-order valence-corrected chi connectivity index (χ3v) is 5.37. The predicted molar refractivity (Wildman–Crippen MR) is 83.6 cm³/mol. The van der Waals surface area contributed by atoms with Crippen molar-refractivity contribution in [2.75, 3.05) is 6.54 Å². The van der Waals surface area contributed by atoms with E-state index in [4.69, 9.17) is 0 Å². The molecule has 2 heterocycles. The molecule has 2 aliphatic rings. The van der Waals surface area contributed by atoms with Crippen LogP contribution in [-0.4, -0.2) is 33.7 Å². The van der Waals surface area contributed by atoms with Crippen molar-refractivity contribution in [3.05, 3.63) is 18.2 Å². The van der Waals surface area contributed by atoms with Crippen molar-refractivity contribution in [1.29, 1.82) is 0 Å². The van der Waals surface area contributed by atoms with Crippen molar-refractivity contribution in [3.8, 4) is 0 Å². The van der Waals surface area contributed by atoms with Crippen molar-refractivity contribution < 1.29 is 9.59 Å². The van der Waals surface area contributed by atoms with E-state index in [0.717, 1.165) is 25.4 Å². The Balaban J connectivity index is 1.59. The third-order valence-electron chi connectivity index (χ3n) is 5.37. The lowest BCUT2D eigenvalue weighted by Gasteiger charge is -2.42. The normalized spacial score (nSPS) is 31.5. The first-order chi connectivity index (χ1) is 10.5. The van der Waals surface area contributed by atoms with Crippen LogP contribution in [0.4, 0.5) is 0 Å². The maximum absolute atomic E-state index is 11.6. The zero-order chi connectivity index (χ0) is 15.7. The van der Waals surface area contributed by atoms with E-state index >= 15 is 0 Å². The summed E-state index contributed by atoms with van der Waals surface area (Å²) in [6, 6.07) is 0.0533. The fourth-order valence-corrected chi connectivity index (χ4v) is 4.08. The Morgan fingerprint density at radius 1 is 1.27 bits per heavy atom. The van der Waals surface area contributed by atoms with E-state index in [2.05, 4.69) is 10.3 Å². The van der Waals surface area contributed by atoms with Crippen molar-refractivity contribution in [2.45, 2.75) is 52.1 Å². The molecule has 1 aliphatic carbocycles. The number of Topliss-reactive ketones (excluding diaryl/α,β-unsaturated/α-hetero) is 2. The second-order valence-corrected chi connectivity index (χ2v) is 7.02. The average molecular weight is 303 g/mol. The van der Waals surface area contributed by atoms with Gasteiger partial charge in [-0.1, -0.05) is 0 Å². The summed E-state index contributed by atoms with van der Waals surface area (Å²) >= 11 is 0. The van der Waals surface area contributed by atoms with Crippen LogP contribution in [0.3, 0.4) is 0 Å². The van der Waals surface area contributed by atoms with E-state index in [9.17, 15) is 9.59 Å². The predicted octanol–water partition coefficient (Wildman–Crippen LogP) is 2.07. The van der Waals surface area contributed by atoms with Crippen LogP contribution in [0.5, 0.6) is 0 Å². The summed E-state index contributed by atoms with van der Waals surface area (Å²) in [5, 5.41) is 3.40.